The third-order valence-corrected chi connectivity index (χ3v) is 5.11. The van der Waals surface area contributed by atoms with Gasteiger partial charge in [0.2, 0.25) is 0 Å². The number of ether oxygens (including phenoxy) is 2. The van der Waals surface area contributed by atoms with Crippen molar-refractivity contribution in [3.05, 3.63) is 101 Å². The number of nitrogens with zero attached hydrogens (tertiary/aromatic N) is 1. The van der Waals surface area contributed by atoms with Crippen LogP contribution in [0.2, 0.25) is 0 Å². The van der Waals surface area contributed by atoms with Crippen molar-refractivity contribution < 1.29 is 14.3 Å². The molecule has 5 heteroatoms. The summed E-state index contributed by atoms with van der Waals surface area (Å²) in [7, 11) is 0. The van der Waals surface area contributed by atoms with E-state index in [2.05, 4.69) is 16.0 Å². The molecule has 2 heterocycles. The lowest BCUT2D eigenvalue weighted by Crippen LogP contribution is -2.04. The maximum absolute atomic E-state index is 12.7. The smallest absolute Gasteiger partial charge is 0.185 e. The van der Waals surface area contributed by atoms with E-state index in [0.29, 0.717) is 36.9 Å². The molecule has 5 nitrogen and oxygen atoms in total. The van der Waals surface area contributed by atoms with Gasteiger partial charge in [-0.15, -0.1) is 0 Å². The van der Waals surface area contributed by atoms with Gasteiger partial charge in [0.25, 0.3) is 0 Å². The third-order valence-electron chi connectivity index (χ3n) is 5.11. The molecule has 5 rings (SSSR count). The Morgan fingerprint density at radius 2 is 1.77 bits per heavy atom. The molecule has 1 aromatic heterocycles. The van der Waals surface area contributed by atoms with Gasteiger partial charge in [-0.25, -0.2) is 4.98 Å². The number of Topliss-reactive ketones (excluding diaryl/α,β-unsaturated/α-hetero) is 1. The van der Waals surface area contributed by atoms with Crippen LogP contribution in [0.3, 0.4) is 0 Å². The van der Waals surface area contributed by atoms with Gasteiger partial charge < -0.3 is 14.5 Å². The average Bonchev–Trinajstić information content (AvgIpc) is 3.44. The lowest BCUT2D eigenvalue weighted by molar-refractivity contribution is 0.0988. The number of hydrogen-bond donors (Lipinski definition) is 1. The van der Waals surface area contributed by atoms with Crippen LogP contribution in [-0.2, 0) is 24.4 Å². The van der Waals surface area contributed by atoms with E-state index < -0.39 is 0 Å². The number of imidazole rings is 1. The first-order valence-corrected chi connectivity index (χ1v) is 9.84. The van der Waals surface area contributed by atoms with E-state index >= 15 is 0 Å². The minimum absolute atomic E-state index is 0.00399. The predicted molar refractivity (Wildman–Crippen MR) is 114 cm³/mol. The molecule has 148 valence electrons. The number of benzene rings is 3. The summed E-state index contributed by atoms with van der Waals surface area (Å²) in [5, 5.41) is 0. The highest BCUT2D eigenvalue weighted by Gasteiger charge is 2.15. The molecule has 1 aliphatic heterocycles. The molecule has 0 saturated carbocycles. The van der Waals surface area contributed by atoms with E-state index in [-0.39, 0.29) is 5.78 Å². The Morgan fingerprint density at radius 3 is 2.67 bits per heavy atom. The van der Waals surface area contributed by atoms with Crippen molar-refractivity contribution >= 4 is 5.78 Å². The molecule has 0 amide bonds. The van der Waals surface area contributed by atoms with Crippen LogP contribution in [0.25, 0.3) is 11.4 Å². The fourth-order valence-electron chi connectivity index (χ4n) is 3.56. The monoisotopic (exact) mass is 396 g/mol. The van der Waals surface area contributed by atoms with Crippen molar-refractivity contribution in [1.29, 1.82) is 0 Å². The summed E-state index contributed by atoms with van der Waals surface area (Å²) in [6, 6.07) is 23.3. The second kappa shape index (κ2) is 7.97. The fraction of sp³-hybridized carbons (Fsp3) is 0.120. The highest BCUT2D eigenvalue weighted by Crippen LogP contribution is 2.26. The van der Waals surface area contributed by atoms with Gasteiger partial charge in [-0.2, -0.15) is 0 Å². The predicted octanol–water partition coefficient (Wildman–Crippen LogP) is 5.32. The number of aromatic nitrogens is 2. The summed E-state index contributed by atoms with van der Waals surface area (Å²) >= 11 is 0. The summed E-state index contributed by atoms with van der Waals surface area (Å²) in [4.78, 5) is 20.3. The molecule has 0 atom stereocenters. The highest BCUT2D eigenvalue weighted by atomic mass is 16.5. The van der Waals surface area contributed by atoms with E-state index in [1.807, 2.05) is 66.7 Å². The molecule has 30 heavy (non-hydrogen) atoms. The molecule has 4 aromatic rings. The second-order valence-electron chi connectivity index (χ2n) is 7.28. The van der Waals surface area contributed by atoms with Crippen LogP contribution in [-0.4, -0.2) is 15.8 Å². The van der Waals surface area contributed by atoms with Crippen molar-refractivity contribution in [3.63, 3.8) is 0 Å². The van der Waals surface area contributed by atoms with Gasteiger partial charge in [0, 0.05) is 12.0 Å². The van der Waals surface area contributed by atoms with Crippen molar-refractivity contribution in [2.45, 2.75) is 19.6 Å². The van der Waals surface area contributed by atoms with E-state index in [9.17, 15) is 4.79 Å². The van der Waals surface area contributed by atoms with E-state index in [1.54, 1.807) is 6.20 Å². The van der Waals surface area contributed by atoms with E-state index in [4.69, 9.17) is 9.47 Å². The number of nitrogens with one attached hydrogen (secondary N) is 1. The van der Waals surface area contributed by atoms with Crippen LogP contribution in [0.15, 0.2) is 79.0 Å². The topological polar surface area (TPSA) is 64.2 Å². The molecule has 0 saturated heterocycles. The standard InChI is InChI=1S/C25H20N2O3/c28-24(12-17-9-10-19-15-29-16-20(19)11-17)23-14-26-25(27-23)18-5-4-8-22(13-18)30-21-6-2-1-3-7-21/h1-11,13-14H,12,15-16H2,(H,26,27). The van der Waals surface area contributed by atoms with Crippen LogP contribution in [0.1, 0.15) is 27.2 Å². The van der Waals surface area contributed by atoms with Gasteiger partial charge >= 0.3 is 0 Å². The van der Waals surface area contributed by atoms with E-state index in [0.717, 1.165) is 16.9 Å². The van der Waals surface area contributed by atoms with Crippen molar-refractivity contribution in [1.82, 2.24) is 9.97 Å². The number of rotatable bonds is 6. The van der Waals surface area contributed by atoms with Gasteiger partial charge in [-0.3, -0.25) is 4.79 Å². The van der Waals surface area contributed by atoms with Crippen LogP contribution >= 0.6 is 0 Å². The molecule has 0 bridgehead atoms. The number of para-hydroxylation sites is 1. The minimum atomic E-state index is 0.00399. The Bertz CT molecular complexity index is 1200. The van der Waals surface area contributed by atoms with Crippen molar-refractivity contribution in [2.24, 2.45) is 0 Å². The molecule has 0 unspecified atom stereocenters. The Morgan fingerprint density at radius 1 is 0.933 bits per heavy atom. The van der Waals surface area contributed by atoms with Gasteiger partial charge in [0.15, 0.2) is 5.78 Å². The Labute approximate surface area is 174 Å². The van der Waals surface area contributed by atoms with Crippen LogP contribution < -0.4 is 4.74 Å². The van der Waals surface area contributed by atoms with Crippen LogP contribution in [0.4, 0.5) is 0 Å². The minimum Gasteiger partial charge on any atom is -0.457 e. The molecule has 0 aliphatic carbocycles. The number of fused-ring (bicyclic) bond motifs is 1. The summed E-state index contributed by atoms with van der Waals surface area (Å²) in [5.41, 5.74) is 4.71. The summed E-state index contributed by atoms with van der Waals surface area (Å²) < 4.78 is 11.3. The highest BCUT2D eigenvalue weighted by molar-refractivity contribution is 5.96. The maximum Gasteiger partial charge on any atom is 0.185 e. The van der Waals surface area contributed by atoms with Crippen LogP contribution in [0, 0.1) is 0 Å². The first-order valence-electron chi connectivity index (χ1n) is 9.84. The molecule has 0 fully saturated rings. The lowest BCUT2D eigenvalue weighted by Gasteiger charge is -2.06. The molecule has 0 spiro atoms. The first kappa shape index (κ1) is 18.3. The number of carbonyl (C=O) groups excluding carboxylic acids is 1. The van der Waals surface area contributed by atoms with Gasteiger partial charge in [0.05, 0.1) is 19.4 Å². The number of hydrogen-bond acceptors (Lipinski definition) is 4. The number of carbonyl (C=O) groups is 1. The van der Waals surface area contributed by atoms with Gasteiger partial charge in [0.1, 0.15) is 23.0 Å². The number of aromatic amines is 1. The SMILES string of the molecule is O=C(Cc1ccc2c(c1)COC2)c1cnc(-c2cccc(Oc3ccccc3)c2)[nH]1. The molecular weight excluding hydrogens is 376 g/mol. The largest absolute Gasteiger partial charge is 0.457 e. The second-order valence-corrected chi connectivity index (χ2v) is 7.28. The fourth-order valence-corrected chi connectivity index (χ4v) is 3.56. The first-order chi connectivity index (χ1) is 14.7. The van der Waals surface area contributed by atoms with E-state index in [1.165, 1.54) is 11.1 Å². The number of ketones is 1. The van der Waals surface area contributed by atoms with Crippen LogP contribution in [0.5, 0.6) is 11.5 Å². The van der Waals surface area contributed by atoms with Gasteiger partial charge in [-0.1, -0.05) is 48.5 Å². The average molecular weight is 396 g/mol. The molecule has 0 radical (unpaired) electrons. The Hall–Kier alpha value is -3.70. The normalized spacial score (nSPS) is 12.5. The molecule has 3 aromatic carbocycles. The summed E-state index contributed by atoms with van der Waals surface area (Å²) in [6.07, 6.45) is 1.92. The maximum atomic E-state index is 12.7. The van der Waals surface area contributed by atoms with Crippen molar-refractivity contribution in [3.8, 4) is 22.9 Å². The molecule has 1 aliphatic rings. The quantitative estimate of drug-likeness (QED) is 0.448. The Balaban J connectivity index is 1.31. The van der Waals surface area contributed by atoms with Gasteiger partial charge in [-0.05, 0) is 41.0 Å². The molecular formula is C25H20N2O3. The zero-order valence-corrected chi connectivity index (χ0v) is 16.3. The Kier molecular flexibility index (Phi) is 4.87. The summed E-state index contributed by atoms with van der Waals surface area (Å²) in [5.74, 6) is 2.12. The lowest BCUT2D eigenvalue weighted by atomic mass is 10.0. The third kappa shape index (κ3) is 3.88. The zero-order valence-electron chi connectivity index (χ0n) is 16.3. The zero-order chi connectivity index (χ0) is 20.3. The van der Waals surface area contributed by atoms with Crippen molar-refractivity contribution in [2.75, 3.05) is 0 Å². The number of H-pyrrole nitrogens is 1. The molecule has 1 N–H and O–H groups in total. The summed E-state index contributed by atoms with van der Waals surface area (Å²) in [6.45, 7) is 1.27.